The number of hydrogen-bond acceptors (Lipinski definition) is 4. The highest BCUT2D eigenvalue weighted by molar-refractivity contribution is 6.31. The Morgan fingerprint density at radius 2 is 1.90 bits per heavy atom. The molecule has 2 aromatic rings. The molecule has 5 heteroatoms. The standard InChI is InChI=1S/C15H17ClN2O2/c1-2-9-19-13-5-3-4-6-14(13)20-15-8-7-11(16)12(10-17)18-15/h3-8H,2,9-10,17H2,1H3. The van der Waals surface area contributed by atoms with Crippen LogP contribution in [0.2, 0.25) is 5.02 Å². The number of nitrogens with zero attached hydrogens (tertiary/aromatic N) is 1. The van der Waals surface area contributed by atoms with Crippen LogP contribution in [0.1, 0.15) is 19.0 Å². The molecule has 0 atom stereocenters. The summed E-state index contributed by atoms with van der Waals surface area (Å²) in [6, 6.07) is 10.9. The Labute approximate surface area is 123 Å². The highest BCUT2D eigenvalue weighted by atomic mass is 35.5. The molecule has 2 rings (SSSR count). The van der Waals surface area contributed by atoms with Gasteiger partial charge in [-0.25, -0.2) is 4.98 Å². The van der Waals surface area contributed by atoms with E-state index in [2.05, 4.69) is 11.9 Å². The van der Waals surface area contributed by atoms with Gasteiger partial charge in [0, 0.05) is 12.6 Å². The Kier molecular flexibility index (Phi) is 5.21. The fraction of sp³-hybridized carbons (Fsp3) is 0.267. The number of ether oxygens (including phenoxy) is 2. The third kappa shape index (κ3) is 3.62. The predicted molar refractivity (Wildman–Crippen MR) is 79.4 cm³/mol. The fourth-order valence-corrected chi connectivity index (χ4v) is 1.83. The molecule has 0 aliphatic heterocycles. The minimum Gasteiger partial charge on any atom is -0.490 e. The molecule has 0 aliphatic rings. The Balaban J connectivity index is 2.21. The van der Waals surface area contributed by atoms with Gasteiger partial charge in [-0.2, -0.15) is 0 Å². The molecular formula is C15H17ClN2O2. The van der Waals surface area contributed by atoms with Crippen LogP contribution >= 0.6 is 11.6 Å². The summed E-state index contributed by atoms with van der Waals surface area (Å²) in [4.78, 5) is 4.27. The van der Waals surface area contributed by atoms with Crippen LogP contribution in [0.15, 0.2) is 36.4 Å². The molecule has 0 unspecified atom stereocenters. The van der Waals surface area contributed by atoms with Gasteiger partial charge >= 0.3 is 0 Å². The molecule has 0 spiro atoms. The number of hydrogen-bond donors (Lipinski definition) is 1. The fourth-order valence-electron chi connectivity index (χ4n) is 1.64. The molecule has 0 amide bonds. The van der Waals surface area contributed by atoms with Crippen LogP contribution in [0.25, 0.3) is 0 Å². The maximum atomic E-state index is 5.98. The van der Waals surface area contributed by atoms with E-state index in [0.29, 0.717) is 34.7 Å². The lowest BCUT2D eigenvalue weighted by molar-refractivity contribution is 0.300. The number of nitrogens with two attached hydrogens (primary N) is 1. The van der Waals surface area contributed by atoms with Gasteiger partial charge in [0.25, 0.3) is 0 Å². The van der Waals surface area contributed by atoms with Gasteiger partial charge in [-0.05, 0) is 24.6 Å². The minimum absolute atomic E-state index is 0.268. The topological polar surface area (TPSA) is 57.4 Å². The van der Waals surface area contributed by atoms with Crippen LogP contribution in [-0.2, 0) is 6.54 Å². The summed E-state index contributed by atoms with van der Waals surface area (Å²) in [6.45, 7) is 2.96. The normalized spacial score (nSPS) is 10.3. The lowest BCUT2D eigenvalue weighted by Crippen LogP contribution is -2.02. The van der Waals surface area contributed by atoms with Crippen molar-refractivity contribution in [2.75, 3.05) is 6.61 Å². The Morgan fingerprint density at radius 1 is 1.15 bits per heavy atom. The maximum Gasteiger partial charge on any atom is 0.219 e. The van der Waals surface area contributed by atoms with Gasteiger partial charge in [0.05, 0.1) is 17.3 Å². The molecule has 0 bridgehead atoms. The van der Waals surface area contributed by atoms with Crippen LogP contribution in [0.4, 0.5) is 0 Å². The lowest BCUT2D eigenvalue weighted by Gasteiger charge is -2.12. The maximum absolute atomic E-state index is 5.98. The van der Waals surface area contributed by atoms with Gasteiger partial charge < -0.3 is 15.2 Å². The summed E-state index contributed by atoms with van der Waals surface area (Å²) < 4.78 is 11.4. The van der Waals surface area contributed by atoms with E-state index in [1.165, 1.54) is 0 Å². The van der Waals surface area contributed by atoms with Crippen molar-refractivity contribution in [2.45, 2.75) is 19.9 Å². The second-order valence-corrected chi connectivity index (χ2v) is 4.59. The zero-order valence-corrected chi connectivity index (χ0v) is 12.1. The summed E-state index contributed by atoms with van der Waals surface area (Å²) in [5, 5.41) is 0.537. The second kappa shape index (κ2) is 7.12. The molecule has 0 aliphatic carbocycles. The van der Waals surface area contributed by atoms with Crippen molar-refractivity contribution in [1.82, 2.24) is 4.98 Å². The van der Waals surface area contributed by atoms with Crippen LogP contribution in [0, 0.1) is 0 Å². The predicted octanol–water partition coefficient (Wildman–Crippen LogP) is 3.77. The summed E-state index contributed by atoms with van der Waals surface area (Å²) in [6.07, 6.45) is 0.935. The molecule has 1 aromatic carbocycles. The third-order valence-corrected chi connectivity index (χ3v) is 2.96. The highest BCUT2D eigenvalue weighted by Crippen LogP contribution is 2.31. The quantitative estimate of drug-likeness (QED) is 0.880. The number of pyridine rings is 1. The van der Waals surface area contributed by atoms with Crippen LogP contribution in [0.5, 0.6) is 17.4 Å². The molecule has 0 radical (unpaired) electrons. The molecule has 0 fully saturated rings. The van der Waals surface area contributed by atoms with Crippen molar-refractivity contribution in [2.24, 2.45) is 5.73 Å². The van der Waals surface area contributed by atoms with E-state index >= 15 is 0 Å². The first-order valence-corrected chi connectivity index (χ1v) is 6.87. The first kappa shape index (κ1) is 14.6. The number of halogens is 1. The highest BCUT2D eigenvalue weighted by Gasteiger charge is 2.08. The van der Waals surface area contributed by atoms with Crippen LogP contribution in [0.3, 0.4) is 0 Å². The lowest BCUT2D eigenvalue weighted by atomic mass is 10.3. The number of aromatic nitrogens is 1. The average Bonchev–Trinajstić information content (AvgIpc) is 2.48. The van der Waals surface area contributed by atoms with E-state index in [1.54, 1.807) is 12.1 Å². The van der Waals surface area contributed by atoms with Gasteiger partial charge in [0.2, 0.25) is 5.88 Å². The molecular weight excluding hydrogens is 276 g/mol. The van der Waals surface area contributed by atoms with Crippen LogP contribution < -0.4 is 15.2 Å². The van der Waals surface area contributed by atoms with Gasteiger partial charge in [-0.3, -0.25) is 0 Å². The van der Waals surface area contributed by atoms with Gasteiger partial charge in [-0.1, -0.05) is 30.7 Å². The van der Waals surface area contributed by atoms with Gasteiger partial charge in [0.1, 0.15) is 0 Å². The largest absolute Gasteiger partial charge is 0.490 e. The van der Waals surface area contributed by atoms with Crippen molar-refractivity contribution in [1.29, 1.82) is 0 Å². The van der Waals surface area contributed by atoms with Crippen LogP contribution in [-0.4, -0.2) is 11.6 Å². The summed E-state index contributed by atoms with van der Waals surface area (Å²) in [5.41, 5.74) is 6.19. The summed E-state index contributed by atoms with van der Waals surface area (Å²) in [7, 11) is 0. The Bertz CT molecular complexity index is 576. The third-order valence-electron chi connectivity index (χ3n) is 2.61. The van der Waals surface area contributed by atoms with E-state index in [0.717, 1.165) is 6.42 Å². The Morgan fingerprint density at radius 3 is 2.60 bits per heavy atom. The SMILES string of the molecule is CCCOc1ccccc1Oc1ccc(Cl)c(CN)n1. The van der Waals surface area contributed by atoms with Crippen molar-refractivity contribution in [3.8, 4) is 17.4 Å². The number of para-hydroxylation sites is 2. The zero-order chi connectivity index (χ0) is 14.4. The average molecular weight is 293 g/mol. The van der Waals surface area contributed by atoms with E-state index in [4.69, 9.17) is 26.8 Å². The number of rotatable bonds is 6. The van der Waals surface area contributed by atoms with Crippen molar-refractivity contribution in [3.05, 3.63) is 47.1 Å². The smallest absolute Gasteiger partial charge is 0.219 e. The van der Waals surface area contributed by atoms with Crippen molar-refractivity contribution >= 4 is 11.6 Å². The zero-order valence-electron chi connectivity index (χ0n) is 11.3. The van der Waals surface area contributed by atoms with E-state index < -0.39 is 0 Å². The number of benzene rings is 1. The van der Waals surface area contributed by atoms with E-state index in [-0.39, 0.29) is 6.54 Å². The molecule has 106 valence electrons. The Hall–Kier alpha value is -1.78. The first-order valence-electron chi connectivity index (χ1n) is 6.49. The second-order valence-electron chi connectivity index (χ2n) is 4.18. The van der Waals surface area contributed by atoms with E-state index in [1.807, 2.05) is 24.3 Å². The van der Waals surface area contributed by atoms with E-state index in [9.17, 15) is 0 Å². The molecule has 0 saturated heterocycles. The summed E-state index contributed by atoms with van der Waals surface area (Å²) in [5.74, 6) is 1.77. The summed E-state index contributed by atoms with van der Waals surface area (Å²) >= 11 is 5.98. The molecule has 0 saturated carbocycles. The molecule has 1 heterocycles. The monoisotopic (exact) mass is 292 g/mol. The van der Waals surface area contributed by atoms with Gasteiger partial charge in [-0.15, -0.1) is 0 Å². The van der Waals surface area contributed by atoms with Crippen molar-refractivity contribution in [3.63, 3.8) is 0 Å². The molecule has 1 aromatic heterocycles. The van der Waals surface area contributed by atoms with Gasteiger partial charge in [0.15, 0.2) is 11.5 Å². The molecule has 4 nitrogen and oxygen atoms in total. The first-order chi connectivity index (χ1) is 9.74. The molecule has 20 heavy (non-hydrogen) atoms. The molecule has 2 N–H and O–H groups in total. The van der Waals surface area contributed by atoms with Crippen molar-refractivity contribution < 1.29 is 9.47 Å². The minimum atomic E-state index is 0.268.